The smallest absolute Gasteiger partial charge is 0.387 e. The summed E-state index contributed by atoms with van der Waals surface area (Å²) < 4.78 is 33.3. The standard InChI is InChI=1S/C9H12FN2O9P/c10-21-7-6(14)4(3-19-22(16,17)18)20-8(7)12-2-1-5(13)11-9(12)15/h1-2,4,6-8,14H,3H2,(H,11,13,15)(H2,16,17,18)/t4-,6?,7?,8-/m0/s1. The molecule has 13 heteroatoms. The molecule has 1 saturated heterocycles. The highest BCUT2D eigenvalue weighted by atomic mass is 31.2. The van der Waals surface area contributed by atoms with E-state index in [4.69, 9.17) is 14.5 Å². The van der Waals surface area contributed by atoms with E-state index in [-0.39, 0.29) is 0 Å². The first-order valence-electron chi connectivity index (χ1n) is 5.85. The molecule has 124 valence electrons. The molecule has 1 aromatic rings. The number of H-pyrrole nitrogens is 1. The van der Waals surface area contributed by atoms with Crippen molar-refractivity contribution in [3.63, 3.8) is 0 Å². The zero-order chi connectivity index (χ0) is 16.5. The number of hydrogen-bond acceptors (Lipinski definition) is 7. The van der Waals surface area contributed by atoms with Crippen LogP contribution in [0.4, 0.5) is 4.53 Å². The average Bonchev–Trinajstić information content (AvgIpc) is 2.72. The molecule has 22 heavy (non-hydrogen) atoms. The van der Waals surface area contributed by atoms with E-state index in [1.165, 1.54) is 0 Å². The molecule has 2 heterocycles. The van der Waals surface area contributed by atoms with E-state index in [1.807, 2.05) is 4.98 Å². The van der Waals surface area contributed by atoms with Crippen LogP contribution in [0.5, 0.6) is 0 Å². The van der Waals surface area contributed by atoms with Crippen LogP contribution in [0.3, 0.4) is 0 Å². The maximum absolute atomic E-state index is 12.6. The number of aromatic amines is 1. The molecule has 2 rings (SSSR count). The highest BCUT2D eigenvalue weighted by Gasteiger charge is 2.47. The molecule has 0 amide bonds. The van der Waals surface area contributed by atoms with Gasteiger partial charge in [-0.2, -0.15) is 4.94 Å². The zero-order valence-electron chi connectivity index (χ0n) is 10.7. The van der Waals surface area contributed by atoms with Crippen molar-refractivity contribution < 1.29 is 38.2 Å². The molecule has 1 aliphatic rings. The lowest BCUT2D eigenvalue weighted by Gasteiger charge is -2.17. The number of halogens is 1. The second-order valence-electron chi connectivity index (χ2n) is 4.41. The molecule has 4 N–H and O–H groups in total. The number of rotatable bonds is 5. The second kappa shape index (κ2) is 6.38. The quantitative estimate of drug-likeness (QED) is 0.451. The van der Waals surface area contributed by atoms with Crippen LogP contribution in [0.2, 0.25) is 0 Å². The van der Waals surface area contributed by atoms with Gasteiger partial charge in [0.2, 0.25) is 0 Å². The normalized spacial score (nSPS) is 28.9. The molecule has 0 aromatic carbocycles. The summed E-state index contributed by atoms with van der Waals surface area (Å²) in [5, 5.41) is 9.81. The van der Waals surface area contributed by atoms with Gasteiger partial charge in [0, 0.05) is 12.3 Å². The maximum Gasteiger partial charge on any atom is 0.469 e. The summed E-state index contributed by atoms with van der Waals surface area (Å²) in [5.74, 6) is 0. The average molecular weight is 342 g/mol. The van der Waals surface area contributed by atoms with Crippen molar-refractivity contribution in [3.05, 3.63) is 33.1 Å². The highest BCUT2D eigenvalue weighted by Crippen LogP contribution is 2.38. The van der Waals surface area contributed by atoms with E-state index >= 15 is 0 Å². The number of ether oxygens (including phenoxy) is 1. The minimum absolute atomic E-state index is 0.695. The van der Waals surface area contributed by atoms with E-state index in [2.05, 4.69) is 9.47 Å². The number of aliphatic hydroxyl groups is 1. The van der Waals surface area contributed by atoms with Crippen molar-refractivity contribution in [1.29, 1.82) is 0 Å². The Morgan fingerprint density at radius 1 is 1.45 bits per heavy atom. The number of hydrogen-bond donors (Lipinski definition) is 4. The van der Waals surface area contributed by atoms with Crippen LogP contribution >= 0.6 is 7.82 Å². The van der Waals surface area contributed by atoms with Crippen molar-refractivity contribution in [3.8, 4) is 0 Å². The molecule has 11 nitrogen and oxygen atoms in total. The number of nitrogens with zero attached hydrogens (tertiary/aromatic N) is 1. The minimum Gasteiger partial charge on any atom is -0.387 e. The fourth-order valence-corrected chi connectivity index (χ4v) is 2.32. The molecule has 1 aliphatic heterocycles. The minimum atomic E-state index is -4.82. The zero-order valence-corrected chi connectivity index (χ0v) is 11.6. The Kier molecular flexibility index (Phi) is 4.92. The van der Waals surface area contributed by atoms with Gasteiger partial charge in [-0.1, -0.05) is 0 Å². The van der Waals surface area contributed by atoms with Crippen LogP contribution < -0.4 is 11.2 Å². The van der Waals surface area contributed by atoms with Gasteiger partial charge in [0.25, 0.3) is 5.56 Å². The van der Waals surface area contributed by atoms with Gasteiger partial charge in [-0.3, -0.25) is 18.9 Å². The van der Waals surface area contributed by atoms with Gasteiger partial charge in [0.05, 0.1) is 6.61 Å². The third kappa shape index (κ3) is 3.67. The molecule has 1 fully saturated rings. The first-order chi connectivity index (χ1) is 10.2. The van der Waals surface area contributed by atoms with Gasteiger partial charge in [0.1, 0.15) is 12.2 Å². The summed E-state index contributed by atoms with van der Waals surface area (Å²) in [6.45, 7) is -0.764. The van der Waals surface area contributed by atoms with Gasteiger partial charge >= 0.3 is 13.5 Å². The molecule has 4 atom stereocenters. The number of phosphoric ester groups is 1. The highest BCUT2D eigenvalue weighted by molar-refractivity contribution is 7.46. The number of nitrogens with one attached hydrogen (secondary N) is 1. The predicted octanol–water partition coefficient (Wildman–Crippen LogP) is -1.83. The number of aliphatic hydroxyl groups excluding tert-OH is 1. The largest absolute Gasteiger partial charge is 0.469 e. The SMILES string of the molecule is O=c1ccn([C@H]2O[C@@H](COP(=O)(O)O)C(O)C2OF)c(=O)[nH]1. The monoisotopic (exact) mass is 342 g/mol. The van der Waals surface area contributed by atoms with Crippen LogP contribution in [0.25, 0.3) is 0 Å². The molecule has 1 aromatic heterocycles. The molecule has 0 aliphatic carbocycles. The van der Waals surface area contributed by atoms with Crippen molar-refractivity contribution in [2.75, 3.05) is 6.61 Å². The summed E-state index contributed by atoms with van der Waals surface area (Å²) in [5.41, 5.74) is -1.64. The van der Waals surface area contributed by atoms with Crippen molar-refractivity contribution in [2.45, 2.75) is 24.5 Å². The van der Waals surface area contributed by atoms with Crippen molar-refractivity contribution in [1.82, 2.24) is 9.55 Å². The Labute approximate surface area is 121 Å². The Morgan fingerprint density at radius 3 is 2.68 bits per heavy atom. The maximum atomic E-state index is 12.6. The third-order valence-electron chi connectivity index (χ3n) is 2.95. The predicted molar refractivity (Wildman–Crippen MR) is 65.2 cm³/mol. The lowest BCUT2D eigenvalue weighted by Crippen LogP contribution is -2.38. The van der Waals surface area contributed by atoms with Gasteiger partial charge in [-0.05, 0) is 4.53 Å². The van der Waals surface area contributed by atoms with Crippen molar-refractivity contribution in [2.24, 2.45) is 0 Å². The van der Waals surface area contributed by atoms with Crippen LogP contribution in [-0.2, 0) is 18.8 Å². The van der Waals surface area contributed by atoms with Gasteiger partial charge in [0.15, 0.2) is 12.3 Å². The summed E-state index contributed by atoms with van der Waals surface area (Å²) in [6.07, 6.45) is -5.15. The number of phosphoric acid groups is 1. The molecular formula is C9H12FN2O9P. The van der Waals surface area contributed by atoms with E-state index in [9.17, 15) is 23.8 Å². The lowest BCUT2D eigenvalue weighted by atomic mass is 10.1. The fraction of sp³-hybridized carbons (Fsp3) is 0.556. The van der Waals surface area contributed by atoms with Gasteiger partial charge in [-0.25, -0.2) is 9.36 Å². The molecule has 0 spiro atoms. The molecule has 0 saturated carbocycles. The van der Waals surface area contributed by atoms with Crippen LogP contribution in [0, 0.1) is 0 Å². The van der Waals surface area contributed by atoms with Gasteiger partial charge in [-0.15, -0.1) is 0 Å². The van der Waals surface area contributed by atoms with E-state index in [0.29, 0.717) is 0 Å². The lowest BCUT2D eigenvalue weighted by molar-refractivity contribution is -0.221. The van der Waals surface area contributed by atoms with Crippen molar-refractivity contribution >= 4 is 7.82 Å². The fourth-order valence-electron chi connectivity index (χ4n) is 1.97. The molecule has 0 radical (unpaired) electrons. The van der Waals surface area contributed by atoms with E-state index in [1.54, 1.807) is 0 Å². The molecular weight excluding hydrogens is 330 g/mol. The van der Waals surface area contributed by atoms with Crippen LogP contribution in [-0.4, -0.2) is 49.4 Å². The first-order valence-corrected chi connectivity index (χ1v) is 7.38. The number of aromatic nitrogens is 2. The Morgan fingerprint density at radius 2 is 2.14 bits per heavy atom. The topological polar surface area (TPSA) is 160 Å². The van der Waals surface area contributed by atoms with Crippen LogP contribution in [0.15, 0.2) is 21.9 Å². The Bertz CT molecular complexity index is 684. The molecule has 0 bridgehead atoms. The van der Waals surface area contributed by atoms with E-state index in [0.717, 1.165) is 16.8 Å². The third-order valence-corrected chi connectivity index (χ3v) is 3.43. The molecule has 2 unspecified atom stereocenters. The summed E-state index contributed by atoms with van der Waals surface area (Å²) >= 11 is 0. The first kappa shape index (κ1) is 17.0. The summed E-state index contributed by atoms with van der Waals surface area (Å²) in [7, 11) is -4.82. The van der Waals surface area contributed by atoms with Crippen LogP contribution in [0.1, 0.15) is 6.23 Å². The Balaban J connectivity index is 2.23. The Hall–Kier alpha value is -1.40. The van der Waals surface area contributed by atoms with Gasteiger partial charge < -0.3 is 19.6 Å². The van der Waals surface area contributed by atoms with E-state index < -0.39 is 50.2 Å². The summed E-state index contributed by atoms with van der Waals surface area (Å²) in [4.78, 5) is 45.3. The second-order valence-corrected chi connectivity index (χ2v) is 5.65. The summed E-state index contributed by atoms with van der Waals surface area (Å²) in [6, 6.07) is 0.964.